The second kappa shape index (κ2) is 56.2. The second-order valence-corrected chi connectivity index (χ2v) is 18.8. The molecule has 0 amide bonds. The van der Waals surface area contributed by atoms with Crippen molar-refractivity contribution in [2.45, 2.75) is 277 Å². The highest BCUT2D eigenvalue weighted by molar-refractivity contribution is 5.71. The van der Waals surface area contributed by atoms with Gasteiger partial charge in [-0.25, -0.2) is 0 Å². The third kappa shape index (κ3) is 53.5. The molecule has 0 rings (SSSR count). The normalized spacial score (nSPS) is 12.7. The van der Waals surface area contributed by atoms with Crippen molar-refractivity contribution in [3.05, 3.63) is 85.1 Å². The molecule has 1 unspecified atom stereocenters. The molecular formula is C62H106O6. The van der Waals surface area contributed by atoms with Gasteiger partial charge in [-0.1, -0.05) is 221 Å². The smallest absolute Gasteiger partial charge is 0.306 e. The molecule has 6 heteroatoms. The Morgan fingerprint density at radius 1 is 0.309 bits per heavy atom. The summed E-state index contributed by atoms with van der Waals surface area (Å²) in [4.78, 5) is 38.2. The molecule has 0 radical (unpaired) electrons. The first-order chi connectivity index (χ1) is 33.5. The summed E-state index contributed by atoms with van der Waals surface area (Å²) < 4.78 is 16.8. The monoisotopic (exact) mass is 947 g/mol. The van der Waals surface area contributed by atoms with Gasteiger partial charge in [0.1, 0.15) is 13.2 Å². The molecule has 0 fully saturated rings. The quantitative estimate of drug-likeness (QED) is 0.0262. The molecule has 0 saturated heterocycles. The zero-order chi connectivity index (χ0) is 49.3. The Bertz CT molecular complexity index is 1320. The number of unbranched alkanes of at least 4 members (excludes halogenated alkanes) is 26. The number of carbonyl (C=O) groups excluding carboxylic acids is 3. The van der Waals surface area contributed by atoms with E-state index < -0.39 is 6.10 Å². The molecule has 0 aromatic heterocycles. The van der Waals surface area contributed by atoms with Crippen LogP contribution < -0.4 is 0 Å². The Morgan fingerprint density at radius 3 is 0.926 bits per heavy atom. The SMILES string of the molecule is CC/C=C\C/C=C\C/C=C\CCCCCCCC(=O)OCC(COC(=O)CCCCCCCCCCC/C=C\C/C=C\CCCCC)OC(=O)CCCCCCC/C=C\C/C=C\CCCCCC. The van der Waals surface area contributed by atoms with E-state index in [0.29, 0.717) is 19.3 Å². The average Bonchev–Trinajstić information content (AvgIpc) is 3.34. The lowest BCUT2D eigenvalue weighted by molar-refractivity contribution is -0.167. The van der Waals surface area contributed by atoms with Crippen molar-refractivity contribution in [2.24, 2.45) is 0 Å². The van der Waals surface area contributed by atoms with Gasteiger partial charge in [0, 0.05) is 19.3 Å². The molecule has 0 heterocycles. The summed E-state index contributed by atoms with van der Waals surface area (Å²) in [5, 5.41) is 0. The van der Waals surface area contributed by atoms with Crippen LogP contribution in [0.5, 0.6) is 0 Å². The van der Waals surface area contributed by atoms with Crippen LogP contribution in [0, 0.1) is 0 Å². The Kier molecular flexibility index (Phi) is 53.4. The first-order valence-electron chi connectivity index (χ1n) is 28.6. The number of hydrogen-bond acceptors (Lipinski definition) is 6. The van der Waals surface area contributed by atoms with E-state index in [4.69, 9.17) is 14.2 Å². The fraction of sp³-hybridized carbons (Fsp3) is 0.726. The van der Waals surface area contributed by atoms with Gasteiger partial charge in [0.25, 0.3) is 0 Å². The van der Waals surface area contributed by atoms with Crippen LogP contribution in [-0.4, -0.2) is 37.2 Å². The number of ether oxygens (including phenoxy) is 3. The lowest BCUT2D eigenvalue weighted by Gasteiger charge is -2.18. The number of rotatable bonds is 51. The zero-order valence-corrected chi connectivity index (χ0v) is 44.6. The van der Waals surface area contributed by atoms with Crippen LogP contribution in [-0.2, 0) is 28.6 Å². The predicted molar refractivity (Wildman–Crippen MR) is 293 cm³/mol. The van der Waals surface area contributed by atoms with Gasteiger partial charge in [0.05, 0.1) is 0 Å². The molecule has 6 nitrogen and oxygen atoms in total. The average molecular weight is 948 g/mol. The van der Waals surface area contributed by atoms with Gasteiger partial charge < -0.3 is 14.2 Å². The molecule has 0 saturated carbocycles. The summed E-state index contributed by atoms with van der Waals surface area (Å²) in [6.07, 6.45) is 72.8. The standard InChI is InChI=1S/C62H106O6/c1-4-7-10-13-16-19-22-25-28-30-31-32-35-37-40-43-46-49-52-55-61(64)67-58-59(57-66-60(63)54-51-48-45-42-39-36-33-27-24-21-18-15-12-9-6-3)68-62(65)56-53-50-47-44-41-38-34-29-26-23-20-17-14-11-8-5-2/h9,12,16,18-21,23,25,27-29,33-34,59H,4-8,10-11,13-15,17,22,24,26,30-32,35-58H2,1-3H3/b12-9-,19-16-,21-18-,23-20-,28-25-,33-27-,34-29-. The highest BCUT2D eigenvalue weighted by Crippen LogP contribution is 2.15. The molecule has 0 spiro atoms. The van der Waals surface area contributed by atoms with E-state index in [1.807, 2.05) is 0 Å². The van der Waals surface area contributed by atoms with Crippen molar-refractivity contribution in [3.8, 4) is 0 Å². The predicted octanol–water partition coefficient (Wildman–Crippen LogP) is 19.2. The van der Waals surface area contributed by atoms with Gasteiger partial charge in [0.15, 0.2) is 6.10 Å². The minimum absolute atomic E-state index is 0.0902. The van der Waals surface area contributed by atoms with E-state index in [-0.39, 0.29) is 31.1 Å². The summed E-state index contributed by atoms with van der Waals surface area (Å²) in [7, 11) is 0. The van der Waals surface area contributed by atoms with Gasteiger partial charge in [0.2, 0.25) is 0 Å². The van der Waals surface area contributed by atoms with Crippen LogP contribution in [0.3, 0.4) is 0 Å². The molecule has 0 bridgehead atoms. The van der Waals surface area contributed by atoms with Crippen LogP contribution in [0.15, 0.2) is 85.1 Å². The van der Waals surface area contributed by atoms with E-state index in [0.717, 1.165) is 128 Å². The summed E-state index contributed by atoms with van der Waals surface area (Å²) in [5.74, 6) is -0.920. The number of carbonyl (C=O) groups is 3. The first-order valence-corrected chi connectivity index (χ1v) is 28.6. The number of allylic oxidation sites excluding steroid dienone is 14. The minimum Gasteiger partial charge on any atom is -0.462 e. The largest absolute Gasteiger partial charge is 0.462 e. The first kappa shape index (κ1) is 64.6. The summed E-state index contributed by atoms with van der Waals surface area (Å²) in [5.41, 5.74) is 0. The molecule has 0 aliphatic rings. The van der Waals surface area contributed by atoms with Crippen molar-refractivity contribution >= 4 is 17.9 Å². The molecule has 0 aromatic rings. The zero-order valence-electron chi connectivity index (χ0n) is 44.6. The third-order valence-corrected chi connectivity index (χ3v) is 12.1. The van der Waals surface area contributed by atoms with E-state index >= 15 is 0 Å². The maximum atomic E-state index is 12.8. The maximum Gasteiger partial charge on any atom is 0.306 e. The number of hydrogen-bond donors (Lipinski definition) is 0. The maximum absolute atomic E-state index is 12.8. The molecule has 390 valence electrons. The van der Waals surface area contributed by atoms with Crippen LogP contribution in [0.1, 0.15) is 271 Å². The number of esters is 3. The summed E-state index contributed by atoms with van der Waals surface area (Å²) in [6, 6.07) is 0. The van der Waals surface area contributed by atoms with Crippen LogP contribution in [0.2, 0.25) is 0 Å². The van der Waals surface area contributed by atoms with Gasteiger partial charge in [-0.15, -0.1) is 0 Å². The Labute approximate surface area is 420 Å². The van der Waals surface area contributed by atoms with E-state index in [9.17, 15) is 14.4 Å². The van der Waals surface area contributed by atoms with E-state index in [1.165, 1.54) is 103 Å². The molecule has 0 N–H and O–H groups in total. The lowest BCUT2D eigenvalue weighted by atomic mass is 10.1. The molecular weight excluding hydrogens is 841 g/mol. The van der Waals surface area contributed by atoms with E-state index in [2.05, 4.69) is 106 Å². The molecule has 0 aliphatic heterocycles. The van der Waals surface area contributed by atoms with Gasteiger partial charge in [-0.2, -0.15) is 0 Å². The third-order valence-electron chi connectivity index (χ3n) is 12.1. The van der Waals surface area contributed by atoms with Crippen molar-refractivity contribution in [1.82, 2.24) is 0 Å². The van der Waals surface area contributed by atoms with Gasteiger partial charge in [-0.05, 0) is 116 Å². The van der Waals surface area contributed by atoms with Crippen LogP contribution in [0.4, 0.5) is 0 Å². The summed E-state index contributed by atoms with van der Waals surface area (Å²) >= 11 is 0. The lowest BCUT2D eigenvalue weighted by Crippen LogP contribution is -2.30. The Hall–Kier alpha value is -3.41. The van der Waals surface area contributed by atoms with Crippen molar-refractivity contribution in [3.63, 3.8) is 0 Å². The van der Waals surface area contributed by atoms with Crippen molar-refractivity contribution in [2.75, 3.05) is 13.2 Å². The topological polar surface area (TPSA) is 78.9 Å². The molecule has 0 aromatic carbocycles. The van der Waals surface area contributed by atoms with Crippen molar-refractivity contribution < 1.29 is 28.6 Å². The molecule has 0 aliphatic carbocycles. The molecule has 68 heavy (non-hydrogen) atoms. The van der Waals surface area contributed by atoms with Crippen LogP contribution in [0.25, 0.3) is 0 Å². The Balaban J connectivity index is 4.42. The Morgan fingerprint density at radius 2 is 0.574 bits per heavy atom. The second-order valence-electron chi connectivity index (χ2n) is 18.8. The van der Waals surface area contributed by atoms with Gasteiger partial charge >= 0.3 is 17.9 Å². The fourth-order valence-electron chi connectivity index (χ4n) is 7.81. The van der Waals surface area contributed by atoms with Crippen LogP contribution >= 0.6 is 0 Å². The van der Waals surface area contributed by atoms with Crippen molar-refractivity contribution in [1.29, 1.82) is 0 Å². The molecule has 1 atom stereocenters. The minimum atomic E-state index is -0.794. The van der Waals surface area contributed by atoms with Gasteiger partial charge in [-0.3, -0.25) is 14.4 Å². The fourth-order valence-corrected chi connectivity index (χ4v) is 7.81. The highest BCUT2D eigenvalue weighted by atomic mass is 16.6. The highest BCUT2D eigenvalue weighted by Gasteiger charge is 2.19. The summed E-state index contributed by atoms with van der Waals surface area (Å²) in [6.45, 7) is 6.47. The van der Waals surface area contributed by atoms with E-state index in [1.54, 1.807) is 0 Å².